The van der Waals surface area contributed by atoms with Crippen LogP contribution in [-0.2, 0) is 13.1 Å². The first-order valence-corrected chi connectivity index (χ1v) is 6.46. The van der Waals surface area contributed by atoms with Gasteiger partial charge >= 0.3 is 0 Å². The van der Waals surface area contributed by atoms with E-state index in [1.807, 2.05) is 29.8 Å². The van der Waals surface area contributed by atoms with E-state index in [1.165, 1.54) is 4.88 Å². The van der Waals surface area contributed by atoms with Crippen molar-refractivity contribution in [3.63, 3.8) is 0 Å². The summed E-state index contributed by atoms with van der Waals surface area (Å²) < 4.78 is 5.00. The van der Waals surface area contributed by atoms with Gasteiger partial charge in [-0.3, -0.25) is 0 Å². The first-order valence-electron chi connectivity index (χ1n) is 5.20. The van der Waals surface area contributed by atoms with E-state index < -0.39 is 0 Å². The molecule has 0 saturated carbocycles. The second-order valence-corrected chi connectivity index (χ2v) is 4.98. The molecule has 0 aliphatic carbocycles. The van der Waals surface area contributed by atoms with Crippen molar-refractivity contribution >= 4 is 22.9 Å². The zero-order valence-electron chi connectivity index (χ0n) is 9.44. The number of rotatable bonds is 5. The van der Waals surface area contributed by atoms with Crippen molar-refractivity contribution in [1.82, 2.24) is 10.3 Å². The first kappa shape index (κ1) is 12.4. The van der Waals surface area contributed by atoms with Gasteiger partial charge in [-0.2, -0.15) is 0 Å². The van der Waals surface area contributed by atoms with Crippen LogP contribution in [0.5, 0.6) is 5.88 Å². The maximum atomic E-state index is 5.85. The Balaban J connectivity index is 1.81. The Labute approximate surface area is 109 Å². The molecule has 0 amide bonds. The zero-order valence-corrected chi connectivity index (χ0v) is 11.0. The quantitative estimate of drug-likeness (QED) is 0.905. The Kier molecular flexibility index (Phi) is 4.36. The Morgan fingerprint density at radius 2 is 2.29 bits per heavy atom. The third-order valence-corrected chi connectivity index (χ3v) is 3.54. The summed E-state index contributed by atoms with van der Waals surface area (Å²) in [6.07, 6.45) is 1.81. The average Bonchev–Trinajstić information content (AvgIpc) is 2.76. The van der Waals surface area contributed by atoms with Crippen molar-refractivity contribution in [3.8, 4) is 5.88 Å². The summed E-state index contributed by atoms with van der Waals surface area (Å²) >= 11 is 7.51. The van der Waals surface area contributed by atoms with Gasteiger partial charge in [-0.25, -0.2) is 4.98 Å². The maximum absolute atomic E-state index is 5.85. The van der Waals surface area contributed by atoms with Gasteiger partial charge in [-0.05, 0) is 11.6 Å². The minimum absolute atomic E-state index is 0.638. The van der Waals surface area contributed by atoms with E-state index in [2.05, 4.69) is 10.3 Å². The van der Waals surface area contributed by atoms with Gasteiger partial charge in [0.1, 0.15) is 0 Å². The number of pyridine rings is 1. The van der Waals surface area contributed by atoms with E-state index >= 15 is 0 Å². The third-order valence-electron chi connectivity index (χ3n) is 2.26. The van der Waals surface area contributed by atoms with E-state index in [0.717, 1.165) is 23.7 Å². The van der Waals surface area contributed by atoms with Crippen LogP contribution >= 0.6 is 22.9 Å². The molecule has 3 nitrogen and oxygen atoms in total. The van der Waals surface area contributed by atoms with E-state index in [9.17, 15) is 0 Å². The molecule has 17 heavy (non-hydrogen) atoms. The summed E-state index contributed by atoms with van der Waals surface area (Å²) in [6.45, 7) is 1.61. The molecule has 0 radical (unpaired) electrons. The zero-order chi connectivity index (χ0) is 12.1. The lowest BCUT2D eigenvalue weighted by Crippen LogP contribution is -2.11. The molecule has 0 fully saturated rings. The number of ether oxygens (including phenoxy) is 1. The Morgan fingerprint density at radius 3 is 2.88 bits per heavy atom. The molecule has 90 valence electrons. The third kappa shape index (κ3) is 3.70. The molecule has 0 bridgehead atoms. The van der Waals surface area contributed by atoms with Gasteiger partial charge in [0.05, 0.1) is 12.1 Å². The molecule has 0 aliphatic heterocycles. The van der Waals surface area contributed by atoms with Gasteiger partial charge in [0.25, 0.3) is 0 Å². The SMILES string of the molecule is COc1ccc(CNCc2cc(Cl)cs2)cn1. The highest BCUT2D eigenvalue weighted by molar-refractivity contribution is 7.10. The molecule has 0 aliphatic rings. The van der Waals surface area contributed by atoms with E-state index in [1.54, 1.807) is 18.4 Å². The standard InChI is InChI=1S/C12H13ClN2OS/c1-16-12-3-2-9(6-15-12)5-14-7-11-4-10(13)8-17-11/h2-4,6,8,14H,5,7H2,1H3. The number of methoxy groups -OCH3 is 1. The second kappa shape index (κ2) is 6.00. The average molecular weight is 269 g/mol. The van der Waals surface area contributed by atoms with Crippen molar-refractivity contribution < 1.29 is 4.74 Å². The predicted octanol–water partition coefficient (Wildman–Crippen LogP) is 3.09. The van der Waals surface area contributed by atoms with Crippen LogP contribution in [0, 0.1) is 0 Å². The minimum atomic E-state index is 0.638. The van der Waals surface area contributed by atoms with Crippen LogP contribution < -0.4 is 10.1 Å². The summed E-state index contributed by atoms with van der Waals surface area (Å²) in [5.41, 5.74) is 1.13. The monoisotopic (exact) mass is 268 g/mol. The highest BCUT2D eigenvalue weighted by atomic mass is 35.5. The normalized spacial score (nSPS) is 10.5. The summed E-state index contributed by atoms with van der Waals surface area (Å²) in [4.78, 5) is 5.38. The molecule has 1 N–H and O–H groups in total. The summed E-state index contributed by atoms with van der Waals surface area (Å²) in [5.74, 6) is 0.638. The highest BCUT2D eigenvalue weighted by Crippen LogP contribution is 2.18. The molecule has 0 atom stereocenters. The summed E-state index contributed by atoms with van der Waals surface area (Å²) in [5, 5.41) is 6.08. The van der Waals surface area contributed by atoms with Crippen LogP contribution in [0.25, 0.3) is 0 Å². The van der Waals surface area contributed by atoms with E-state index in [-0.39, 0.29) is 0 Å². The molecule has 0 spiro atoms. The lowest BCUT2D eigenvalue weighted by Gasteiger charge is -2.04. The van der Waals surface area contributed by atoms with Gasteiger partial charge in [-0.15, -0.1) is 11.3 Å². The molecule has 0 unspecified atom stereocenters. The first-order chi connectivity index (χ1) is 8.28. The fraction of sp³-hybridized carbons (Fsp3) is 0.250. The van der Waals surface area contributed by atoms with Crippen LogP contribution in [0.15, 0.2) is 29.8 Å². The van der Waals surface area contributed by atoms with Crippen LogP contribution in [-0.4, -0.2) is 12.1 Å². The number of nitrogens with zero attached hydrogens (tertiary/aromatic N) is 1. The Hall–Kier alpha value is -1.10. The van der Waals surface area contributed by atoms with Gasteiger partial charge in [0.2, 0.25) is 5.88 Å². The topological polar surface area (TPSA) is 34.1 Å². The van der Waals surface area contributed by atoms with Crippen LogP contribution in [0.4, 0.5) is 0 Å². The number of halogens is 1. The second-order valence-electron chi connectivity index (χ2n) is 3.54. The van der Waals surface area contributed by atoms with Gasteiger partial charge in [0, 0.05) is 35.6 Å². The molecule has 2 aromatic heterocycles. The maximum Gasteiger partial charge on any atom is 0.212 e. The van der Waals surface area contributed by atoms with Crippen LogP contribution in [0.2, 0.25) is 5.02 Å². The Morgan fingerprint density at radius 1 is 1.41 bits per heavy atom. The van der Waals surface area contributed by atoms with E-state index in [4.69, 9.17) is 16.3 Å². The molecule has 2 heterocycles. The number of hydrogen-bond donors (Lipinski definition) is 1. The molecule has 2 aromatic rings. The largest absolute Gasteiger partial charge is 0.481 e. The van der Waals surface area contributed by atoms with Crippen molar-refractivity contribution in [3.05, 3.63) is 45.2 Å². The van der Waals surface area contributed by atoms with Gasteiger partial charge < -0.3 is 10.1 Å². The number of hydrogen-bond acceptors (Lipinski definition) is 4. The van der Waals surface area contributed by atoms with Gasteiger partial charge in [-0.1, -0.05) is 17.7 Å². The lowest BCUT2D eigenvalue weighted by atomic mass is 10.3. The molecular formula is C12H13ClN2OS. The Bertz CT molecular complexity index is 470. The number of aromatic nitrogens is 1. The van der Waals surface area contributed by atoms with E-state index in [0.29, 0.717) is 5.88 Å². The number of nitrogens with one attached hydrogen (secondary N) is 1. The van der Waals surface area contributed by atoms with Crippen LogP contribution in [0.3, 0.4) is 0 Å². The number of thiophene rings is 1. The highest BCUT2D eigenvalue weighted by Gasteiger charge is 1.98. The van der Waals surface area contributed by atoms with Crippen molar-refractivity contribution in [2.45, 2.75) is 13.1 Å². The fourth-order valence-electron chi connectivity index (χ4n) is 1.41. The minimum Gasteiger partial charge on any atom is -0.481 e. The molecule has 2 rings (SSSR count). The molecule has 0 aromatic carbocycles. The smallest absolute Gasteiger partial charge is 0.212 e. The predicted molar refractivity (Wildman–Crippen MR) is 70.7 cm³/mol. The lowest BCUT2D eigenvalue weighted by molar-refractivity contribution is 0.397. The van der Waals surface area contributed by atoms with Crippen molar-refractivity contribution in [2.24, 2.45) is 0 Å². The summed E-state index contributed by atoms with van der Waals surface area (Å²) in [7, 11) is 1.61. The molecular weight excluding hydrogens is 256 g/mol. The molecule has 0 saturated heterocycles. The summed E-state index contributed by atoms with van der Waals surface area (Å²) in [6, 6.07) is 5.84. The van der Waals surface area contributed by atoms with Gasteiger partial charge in [0.15, 0.2) is 0 Å². The van der Waals surface area contributed by atoms with Crippen LogP contribution in [0.1, 0.15) is 10.4 Å². The van der Waals surface area contributed by atoms with Crippen molar-refractivity contribution in [2.75, 3.05) is 7.11 Å². The fourth-order valence-corrected chi connectivity index (χ4v) is 2.46. The van der Waals surface area contributed by atoms with Crippen molar-refractivity contribution in [1.29, 1.82) is 0 Å². The molecule has 5 heteroatoms.